The molecule has 1 N–H and O–H groups in total. The predicted molar refractivity (Wildman–Crippen MR) is 95.3 cm³/mol. The van der Waals surface area contributed by atoms with Crippen molar-refractivity contribution < 1.29 is 28.3 Å². The van der Waals surface area contributed by atoms with Gasteiger partial charge in [0, 0.05) is 5.69 Å². The highest BCUT2D eigenvalue weighted by molar-refractivity contribution is 5.97. The molecule has 0 atom stereocenters. The van der Waals surface area contributed by atoms with Gasteiger partial charge in [-0.1, -0.05) is 0 Å². The first kappa shape index (κ1) is 18.1. The number of amides is 1. The van der Waals surface area contributed by atoms with E-state index in [-0.39, 0.29) is 12.2 Å². The summed E-state index contributed by atoms with van der Waals surface area (Å²) in [6.07, 6.45) is 1.28. The Bertz CT molecular complexity index is 977. The molecule has 3 aromatic rings. The summed E-state index contributed by atoms with van der Waals surface area (Å²) >= 11 is 0. The van der Waals surface area contributed by atoms with Crippen LogP contribution < -0.4 is 5.32 Å². The van der Waals surface area contributed by atoms with Crippen LogP contribution in [0.25, 0.3) is 11.1 Å². The fraction of sp³-hybridized carbons (Fsp3) is 0.158. The van der Waals surface area contributed by atoms with Crippen LogP contribution in [0.15, 0.2) is 53.3 Å². The van der Waals surface area contributed by atoms with Crippen LogP contribution in [-0.4, -0.2) is 36.0 Å². The van der Waals surface area contributed by atoms with Gasteiger partial charge in [-0.3, -0.25) is 4.79 Å². The molecule has 1 heterocycles. The molecule has 0 unspecified atom stereocenters. The zero-order chi connectivity index (χ0) is 19.2. The zero-order valence-electron chi connectivity index (χ0n) is 14.4. The number of anilines is 1. The van der Waals surface area contributed by atoms with Gasteiger partial charge in [-0.2, -0.15) is 0 Å². The van der Waals surface area contributed by atoms with Crippen molar-refractivity contribution in [3.05, 3.63) is 60.0 Å². The van der Waals surface area contributed by atoms with E-state index in [0.29, 0.717) is 22.4 Å². The first-order valence-electron chi connectivity index (χ1n) is 8.14. The number of ether oxygens (including phenoxy) is 2. The van der Waals surface area contributed by atoms with E-state index >= 15 is 0 Å². The number of hydrogen-bond donors (Lipinski definition) is 1. The average molecular weight is 368 g/mol. The molecule has 0 bridgehead atoms. The molecule has 8 heteroatoms. The third-order valence-electron chi connectivity index (χ3n) is 3.58. The summed E-state index contributed by atoms with van der Waals surface area (Å²) in [5, 5.41) is 2.58. The van der Waals surface area contributed by atoms with E-state index < -0.39 is 24.5 Å². The molecular weight excluding hydrogens is 352 g/mol. The van der Waals surface area contributed by atoms with Gasteiger partial charge in [-0.25, -0.2) is 14.6 Å². The SMILES string of the molecule is CCOC(=O)c1ccc(NC(=O)COC(=O)c2ccc3ocnc3c2)cc1. The van der Waals surface area contributed by atoms with Gasteiger partial charge >= 0.3 is 11.9 Å². The van der Waals surface area contributed by atoms with Crippen molar-refractivity contribution in [1.29, 1.82) is 0 Å². The second kappa shape index (κ2) is 8.13. The molecule has 3 rings (SSSR count). The largest absolute Gasteiger partial charge is 0.462 e. The van der Waals surface area contributed by atoms with E-state index in [1.54, 1.807) is 25.1 Å². The highest BCUT2D eigenvalue weighted by atomic mass is 16.5. The maximum atomic E-state index is 12.0. The van der Waals surface area contributed by atoms with Gasteiger partial charge in [0.25, 0.3) is 5.91 Å². The normalized spacial score (nSPS) is 10.4. The number of esters is 2. The van der Waals surface area contributed by atoms with Crippen LogP contribution in [0, 0.1) is 0 Å². The van der Waals surface area contributed by atoms with Crippen molar-refractivity contribution in [1.82, 2.24) is 4.98 Å². The van der Waals surface area contributed by atoms with Crippen molar-refractivity contribution in [2.75, 3.05) is 18.5 Å². The number of hydrogen-bond acceptors (Lipinski definition) is 7. The molecule has 138 valence electrons. The van der Waals surface area contributed by atoms with E-state index in [1.807, 2.05) is 0 Å². The molecule has 2 aromatic carbocycles. The molecule has 1 aromatic heterocycles. The van der Waals surface area contributed by atoms with Crippen molar-refractivity contribution in [2.45, 2.75) is 6.92 Å². The summed E-state index contributed by atoms with van der Waals surface area (Å²) in [5.74, 6) is -1.59. The van der Waals surface area contributed by atoms with Crippen molar-refractivity contribution in [2.24, 2.45) is 0 Å². The van der Waals surface area contributed by atoms with Crippen LogP contribution in [0.3, 0.4) is 0 Å². The van der Waals surface area contributed by atoms with Gasteiger partial charge in [0.1, 0.15) is 5.52 Å². The topological polar surface area (TPSA) is 108 Å². The Hall–Kier alpha value is -3.68. The summed E-state index contributed by atoms with van der Waals surface area (Å²) in [4.78, 5) is 39.5. The van der Waals surface area contributed by atoms with Gasteiger partial charge < -0.3 is 19.2 Å². The number of rotatable bonds is 6. The first-order valence-corrected chi connectivity index (χ1v) is 8.14. The summed E-state index contributed by atoms with van der Waals surface area (Å²) in [5.41, 5.74) is 2.19. The van der Waals surface area contributed by atoms with Gasteiger partial charge in [0.15, 0.2) is 18.6 Å². The van der Waals surface area contributed by atoms with Crippen LogP contribution in [0.2, 0.25) is 0 Å². The Morgan fingerprint density at radius 2 is 1.70 bits per heavy atom. The van der Waals surface area contributed by atoms with E-state index in [1.165, 1.54) is 30.7 Å². The first-order chi connectivity index (χ1) is 13.1. The summed E-state index contributed by atoms with van der Waals surface area (Å²) < 4.78 is 15.0. The minimum absolute atomic E-state index is 0.267. The summed E-state index contributed by atoms with van der Waals surface area (Å²) in [7, 11) is 0. The Labute approximate surface area is 154 Å². The van der Waals surface area contributed by atoms with E-state index in [4.69, 9.17) is 13.9 Å². The quantitative estimate of drug-likeness (QED) is 0.667. The maximum Gasteiger partial charge on any atom is 0.338 e. The fourth-order valence-corrected chi connectivity index (χ4v) is 2.30. The number of oxazole rings is 1. The number of aromatic nitrogens is 1. The van der Waals surface area contributed by atoms with Gasteiger partial charge in [0.2, 0.25) is 0 Å². The predicted octanol–water partition coefficient (Wildman–Crippen LogP) is 2.80. The molecular formula is C19H16N2O6. The van der Waals surface area contributed by atoms with E-state index in [0.717, 1.165) is 0 Å². The number of fused-ring (bicyclic) bond motifs is 1. The van der Waals surface area contributed by atoms with Crippen LogP contribution >= 0.6 is 0 Å². The lowest BCUT2D eigenvalue weighted by atomic mass is 10.2. The molecule has 0 aliphatic heterocycles. The minimum Gasteiger partial charge on any atom is -0.462 e. The highest BCUT2D eigenvalue weighted by Crippen LogP contribution is 2.15. The smallest absolute Gasteiger partial charge is 0.338 e. The lowest BCUT2D eigenvalue weighted by molar-refractivity contribution is -0.119. The molecule has 0 aliphatic rings. The van der Waals surface area contributed by atoms with Crippen LogP contribution in [-0.2, 0) is 14.3 Å². The minimum atomic E-state index is -0.646. The van der Waals surface area contributed by atoms with Gasteiger partial charge in [-0.05, 0) is 49.4 Å². The summed E-state index contributed by atoms with van der Waals surface area (Å²) in [6, 6.07) is 10.8. The standard InChI is InChI=1S/C19H16N2O6/c1-2-25-18(23)12-3-6-14(7-4-12)21-17(22)10-26-19(24)13-5-8-16-15(9-13)20-11-27-16/h3-9,11H,2,10H2,1H3,(H,21,22). The number of benzene rings is 2. The lowest BCUT2D eigenvalue weighted by Gasteiger charge is -2.07. The van der Waals surface area contributed by atoms with Gasteiger partial charge in [-0.15, -0.1) is 0 Å². The molecule has 0 aliphatic carbocycles. The highest BCUT2D eigenvalue weighted by Gasteiger charge is 2.13. The molecule has 0 radical (unpaired) electrons. The Kier molecular flexibility index (Phi) is 5.46. The van der Waals surface area contributed by atoms with Crippen LogP contribution in [0.4, 0.5) is 5.69 Å². The third kappa shape index (κ3) is 4.49. The van der Waals surface area contributed by atoms with Gasteiger partial charge in [0.05, 0.1) is 17.7 Å². The molecule has 0 fully saturated rings. The lowest BCUT2D eigenvalue weighted by Crippen LogP contribution is -2.21. The number of nitrogens with one attached hydrogen (secondary N) is 1. The molecule has 0 spiro atoms. The maximum absolute atomic E-state index is 12.0. The average Bonchev–Trinajstić information content (AvgIpc) is 3.14. The second-order valence-electron chi connectivity index (χ2n) is 5.46. The Morgan fingerprint density at radius 1 is 1.00 bits per heavy atom. The molecule has 8 nitrogen and oxygen atoms in total. The van der Waals surface area contributed by atoms with E-state index in [2.05, 4.69) is 10.3 Å². The molecule has 0 saturated carbocycles. The van der Waals surface area contributed by atoms with Crippen molar-refractivity contribution in [3.8, 4) is 0 Å². The second-order valence-corrected chi connectivity index (χ2v) is 5.46. The van der Waals surface area contributed by atoms with Crippen molar-refractivity contribution >= 4 is 34.6 Å². The Morgan fingerprint density at radius 3 is 2.44 bits per heavy atom. The number of carbonyl (C=O) groups excluding carboxylic acids is 3. The summed E-state index contributed by atoms with van der Waals surface area (Å²) in [6.45, 7) is 1.55. The molecule has 0 saturated heterocycles. The molecule has 1 amide bonds. The zero-order valence-corrected chi connectivity index (χ0v) is 14.4. The van der Waals surface area contributed by atoms with Crippen molar-refractivity contribution in [3.63, 3.8) is 0 Å². The Balaban J connectivity index is 1.53. The fourth-order valence-electron chi connectivity index (χ4n) is 2.30. The number of nitrogens with zero attached hydrogens (tertiary/aromatic N) is 1. The van der Waals surface area contributed by atoms with Crippen LogP contribution in [0.5, 0.6) is 0 Å². The van der Waals surface area contributed by atoms with E-state index in [9.17, 15) is 14.4 Å². The van der Waals surface area contributed by atoms with Crippen LogP contribution in [0.1, 0.15) is 27.6 Å². The third-order valence-corrected chi connectivity index (χ3v) is 3.58. The monoisotopic (exact) mass is 368 g/mol. The number of carbonyl (C=O) groups is 3. The molecule has 27 heavy (non-hydrogen) atoms.